The first-order chi connectivity index (χ1) is 12.7. The normalized spacial score (nSPS) is 15.4. The molecule has 0 spiro atoms. The van der Waals surface area contributed by atoms with Gasteiger partial charge in [0.25, 0.3) is 0 Å². The van der Waals surface area contributed by atoms with Gasteiger partial charge in [-0.25, -0.2) is 0 Å². The van der Waals surface area contributed by atoms with Crippen LogP contribution in [0.25, 0.3) is 22.3 Å². The largest absolute Gasteiger partial charge is 0.454 e. The summed E-state index contributed by atoms with van der Waals surface area (Å²) in [7, 11) is 0. The van der Waals surface area contributed by atoms with E-state index in [0.29, 0.717) is 28.4 Å². The standard InChI is InChI=1S/C22H22ClNO2/c23-18-11-7-10-17-20(19(25)12-15-24-13-5-2-6-14-24)21(26-22(17)18)16-8-3-1-4-9-16/h1,3-4,7-11H,2,5-6,12-15H2. The number of carbonyl (C=O) groups excluding carboxylic acids is 1. The van der Waals surface area contributed by atoms with Crippen LogP contribution in [0.2, 0.25) is 5.02 Å². The highest BCUT2D eigenvalue weighted by molar-refractivity contribution is 6.35. The van der Waals surface area contributed by atoms with Gasteiger partial charge in [-0.1, -0.05) is 60.5 Å². The second-order valence-electron chi connectivity index (χ2n) is 6.86. The highest BCUT2D eigenvalue weighted by Crippen LogP contribution is 2.37. The van der Waals surface area contributed by atoms with Gasteiger partial charge >= 0.3 is 0 Å². The summed E-state index contributed by atoms with van der Waals surface area (Å²) in [5.41, 5.74) is 2.15. The number of rotatable bonds is 5. The molecule has 0 radical (unpaired) electrons. The highest BCUT2D eigenvalue weighted by Gasteiger charge is 2.23. The summed E-state index contributed by atoms with van der Waals surface area (Å²) < 4.78 is 6.06. The van der Waals surface area contributed by atoms with Crippen molar-refractivity contribution >= 4 is 28.4 Å². The number of nitrogens with zero attached hydrogens (tertiary/aromatic N) is 1. The maximum atomic E-state index is 13.1. The van der Waals surface area contributed by atoms with E-state index >= 15 is 0 Å². The third-order valence-electron chi connectivity index (χ3n) is 5.09. The lowest BCUT2D eigenvalue weighted by atomic mass is 10.00. The molecule has 2 heterocycles. The summed E-state index contributed by atoms with van der Waals surface area (Å²) in [4.78, 5) is 15.5. The fraction of sp³-hybridized carbons (Fsp3) is 0.318. The van der Waals surface area contributed by atoms with Crippen LogP contribution >= 0.6 is 11.6 Å². The molecule has 1 saturated heterocycles. The van der Waals surface area contributed by atoms with Crippen molar-refractivity contribution in [1.82, 2.24) is 4.90 Å². The van der Waals surface area contributed by atoms with Gasteiger partial charge in [-0.3, -0.25) is 4.79 Å². The van der Waals surface area contributed by atoms with Crippen molar-refractivity contribution in [3.05, 3.63) is 59.1 Å². The van der Waals surface area contributed by atoms with Gasteiger partial charge in [-0.2, -0.15) is 0 Å². The van der Waals surface area contributed by atoms with E-state index in [9.17, 15) is 4.79 Å². The molecule has 1 aromatic heterocycles. The van der Waals surface area contributed by atoms with E-state index in [1.807, 2.05) is 42.5 Å². The second-order valence-corrected chi connectivity index (χ2v) is 7.27. The molecule has 0 atom stereocenters. The first-order valence-corrected chi connectivity index (χ1v) is 9.64. The molecule has 1 fully saturated rings. The summed E-state index contributed by atoms with van der Waals surface area (Å²) in [6.07, 6.45) is 4.26. The number of halogens is 1. The molecule has 2 aromatic carbocycles. The summed E-state index contributed by atoms with van der Waals surface area (Å²) in [5.74, 6) is 0.743. The van der Waals surface area contributed by atoms with Gasteiger partial charge in [0, 0.05) is 23.9 Å². The Balaban J connectivity index is 1.70. The number of carbonyl (C=O) groups is 1. The van der Waals surface area contributed by atoms with Crippen LogP contribution in [-0.2, 0) is 0 Å². The van der Waals surface area contributed by atoms with Gasteiger partial charge in [-0.05, 0) is 32.0 Å². The van der Waals surface area contributed by atoms with E-state index in [1.54, 1.807) is 6.07 Å². The molecule has 3 nitrogen and oxygen atoms in total. The van der Waals surface area contributed by atoms with E-state index < -0.39 is 0 Å². The highest BCUT2D eigenvalue weighted by atomic mass is 35.5. The summed E-state index contributed by atoms with van der Waals surface area (Å²) in [5, 5.41) is 1.34. The first kappa shape index (κ1) is 17.3. The summed E-state index contributed by atoms with van der Waals surface area (Å²) in [6.45, 7) is 2.99. The van der Waals surface area contributed by atoms with E-state index in [0.717, 1.165) is 30.6 Å². The molecule has 26 heavy (non-hydrogen) atoms. The Labute approximate surface area is 158 Å². The lowest BCUT2D eigenvalue weighted by molar-refractivity contribution is 0.0960. The molecule has 1 aliphatic rings. The topological polar surface area (TPSA) is 33.5 Å². The van der Waals surface area contributed by atoms with Crippen molar-refractivity contribution in [3.8, 4) is 11.3 Å². The monoisotopic (exact) mass is 367 g/mol. The predicted molar refractivity (Wildman–Crippen MR) is 106 cm³/mol. The Bertz CT molecular complexity index is 911. The van der Waals surface area contributed by atoms with Crippen molar-refractivity contribution in [3.63, 3.8) is 0 Å². The van der Waals surface area contributed by atoms with Gasteiger partial charge in [0.05, 0.1) is 10.6 Å². The molecule has 0 N–H and O–H groups in total. The Hall–Kier alpha value is -2.10. The van der Waals surface area contributed by atoms with Gasteiger partial charge < -0.3 is 9.32 Å². The van der Waals surface area contributed by atoms with Crippen molar-refractivity contribution < 1.29 is 9.21 Å². The average Bonchev–Trinajstić information content (AvgIpc) is 3.09. The SMILES string of the molecule is O=C(CCN1CCCCC1)c1c(-c2ccccc2)oc2c(Cl)cccc12. The van der Waals surface area contributed by atoms with Crippen LogP contribution in [-0.4, -0.2) is 30.3 Å². The van der Waals surface area contributed by atoms with Crippen LogP contribution in [0.1, 0.15) is 36.0 Å². The first-order valence-electron chi connectivity index (χ1n) is 9.26. The summed E-state index contributed by atoms with van der Waals surface area (Å²) >= 11 is 6.32. The molecule has 3 aromatic rings. The molecule has 0 bridgehead atoms. The van der Waals surface area contributed by atoms with Gasteiger partial charge in [0.2, 0.25) is 0 Å². The third-order valence-corrected chi connectivity index (χ3v) is 5.38. The number of para-hydroxylation sites is 1. The fourth-order valence-electron chi connectivity index (χ4n) is 3.72. The Kier molecular flexibility index (Phi) is 5.09. The lowest BCUT2D eigenvalue weighted by Crippen LogP contribution is -2.31. The molecule has 134 valence electrons. The molecule has 0 saturated carbocycles. The maximum Gasteiger partial charge on any atom is 0.168 e. The van der Waals surface area contributed by atoms with E-state index in [4.69, 9.17) is 16.0 Å². The maximum absolute atomic E-state index is 13.1. The van der Waals surface area contributed by atoms with Gasteiger partial charge in [0.15, 0.2) is 11.4 Å². The summed E-state index contributed by atoms with van der Waals surface area (Å²) in [6, 6.07) is 15.4. The van der Waals surface area contributed by atoms with Crippen LogP contribution in [0.4, 0.5) is 0 Å². The number of ketones is 1. The van der Waals surface area contributed by atoms with Crippen LogP contribution in [0.15, 0.2) is 52.9 Å². The fourth-order valence-corrected chi connectivity index (χ4v) is 3.94. The number of Topliss-reactive ketones (excluding diaryl/α,β-unsaturated/α-hetero) is 1. The van der Waals surface area contributed by atoms with Crippen LogP contribution in [0, 0.1) is 0 Å². The Morgan fingerprint density at radius 2 is 1.77 bits per heavy atom. The van der Waals surface area contributed by atoms with Crippen molar-refractivity contribution in [2.45, 2.75) is 25.7 Å². The smallest absolute Gasteiger partial charge is 0.168 e. The molecule has 0 amide bonds. The minimum Gasteiger partial charge on any atom is -0.454 e. The molecule has 4 rings (SSSR count). The minimum atomic E-state index is 0.121. The van der Waals surface area contributed by atoms with Crippen LogP contribution < -0.4 is 0 Å². The van der Waals surface area contributed by atoms with E-state index in [-0.39, 0.29) is 5.78 Å². The molecule has 4 heteroatoms. The Morgan fingerprint density at radius 3 is 2.54 bits per heavy atom. The average molecular weight is 368 g/mol. The number of hydrogen-bond donors (Lipinski definition) is 0. The number of piperidine rings is 1. The number of hydrogen-bond acceptors (Lipinski definition) is 3. The zero-order valence-corrected chi connectivity index (χ0v) is 15.5. The molecule has 1 aliphatic heterocycles. The van der Waals surface area contributed by atoms with E-state index in [2.05, 4.69) is 4.90 Å². The minimum absolute atomic E-state index is 0.121. The van der Waals surface area contributed by atoms with E-state index in [1.165, 1.54) is 19.3 Å². The third kappa shape index (κ3) is 3.42. The lowest BCUT2D eigenvalue weighted by Gasteiger charge is -2.25. The van der Waals surface area contributed by atoms with Crippen molar-refractivity contribution in [2.75, 3.05) is 19.6 Å². The zero-order valence-electron chi connectivity index (χ0n) is 14.7. The van der Waals surface area contributed by atoms with Crippen LogP contribution in [0.3, 0.4) is 0 Å². The molecule has 0 unspecified atom stereocenters. The molecular formula is C22H22ClNO2. The molecular weight excluding hydrogens is 346 g/mol. The van der Waals surface area contributed by atoms with Crippen molar-refractivity contribution in [2.24, 2.45) is 0 Å². The van der Waals surface area contributed by atoms with Gasteiger partial charge in [0.1, 0.15) is 5.76 Å². The predicted octanol–water partition coefficient (Wildman–Crippen LogP) is 5.81. The number of benzene rings is 2. The second kappa shape index (κ2) is 7.65. The van der Waals surface area contributed by atoms with Crippen molar-refractivity contribution in [1.29, 1.82) is 0 Å². The van der Waals surface area contributed by atoms with Crippen LogP contribution in [0.5, 0.6) is 0 Å². The Morgan fingerprint density at radius 1 is 1.00 bits per heavy atom. The number of likely N-dealkylation sites (tertiary alicyclic amines) is 1. The number of furan rings is 1. The quantitative estimate of drug-likeness (QED) is 0.533. The molecule has 0 aliphatic carbocycles. The number of fused-ring (bicyclic) bond motifs is 1. The van der Waals surface area contributed by atoms with Gasteiger partial charge in [-0.15, -0.1) is 0 Å². The zero-order chi connectivity index (χ0) is 17.9.